The highest BCUT2D eigenvalue weighted by molar-refractivity contribution is 5.71. The smallest absolute Gasteiger partial charge is 0.306 e. The molecule has 0 rings (SSSR count). The largest absolute Gasteiger partial charge is 0.462 e. The maximum Gasteiger partial charge on any atom is 0.306 e. The van der Waals surface area contributed by atoms with Gasteiger partial charge < -0.3 is 14.2 Å². The van der Waals surface area contributed by atoms with Crippen molar-refractivity contribution in [2.45, 2.75) is 245 Å². The molecule has 0 radical (unpaired) electrons. The molecular formula is C49H88O6. The van der Waals surface area contributed by atoms with E-state index < -0.39 is 6.10 Å². The number of carbonyl (C=O) groups excluding carboxylic acids is 3. The fraction of sp³-hybridized carbons (Fsp3) is 0.816. The Kier molecular flexibility index (Phi) is 42.4. The molecule has 1 atom stereocenters. The summed E-state index contributed by atoms with van der Waals surface area (Å²) in [6.45, 7) is 6.55. The Bertz CT molecular complexity index is 938. The first-order valence-electron chi connectivity index (χ1n) is 23.5. The molecule has 0 amide bonds. The molecule has 0 aliphatic heterocycles. The third-order valence-electron chi connectivity index (χ3n) is 10.1. The van der Waals surface area contributed by atoms with Gasteiger partial charge in [-0.2, -0.15) is 0 Å². The first kappa shape index (κ1) is 52.6. The monoisotopic (exact) mass is 773 g/mol. The van der Waals surface area contributed by atoms with Gasteiger partial charge in [0.2, 0.25) is 0 Å². The summed E-state index contributed by atoms with van der Waals surface area (Å²) in [5.74, 6) is -0.897. The summed E-state index contributed by atoms with van der Waals surface area (Å²) in [7, 11) is 0. The second-order valence-corrected chi connectivity index (χ2v) is 15.7. The van der Waals surface area contributed by atoms with E-state index in [1.807, 2.05) is 0 Å². The van der Waals surface area contributed by atoms with Gasteiger partial charge >= 0.3 is 17.9 Å². The zero-order chi connectivity index (χ0) is 40.1. The van der Waals surface area contributed by atoms with Crippen LogP contribution < -0.4 is 0 Å². The fourth-order valence-corrected chi connectivity index (χ4v) is 6.54. The Hall–Kier alpha value is -2.37. The topological polar surface area (TPSA) is 78.9 Å². The molecule has 0 fully saturated rings. The SMILES string of the molecule is CCCCC/C=C\C=C/CCCCCCCCC(=O)OCC(COC(=O)CCCCCCCCCCCC)OC(=O)CCCCCCC/C=C\CCCCC. The minimum absolute atomic E-state index is 0.0774. The van der Waals surface area contributed by atoms with Crippen molar-refractivity contribution >= 4 is 17.9 Å². The molecule has 0 aromatic carbocycles. The molecule has 0 aliphatic carbocycles. The van der Waals surface area contributed by atoms with E-state index in [9.17, 15) is 14.4 Å². The predicted molar refractivity (Wildman–Crippen MR) is 233 cm³/mol. The van der Waals surface area contributed by atoms with Crippen LogP contribution in [0.25, 0.3) is 0 Å². The summed E-state index contributed by atoms with van der Waals surface area (Å²) < 4.78 is 16.7. The number of hydrogen-bond acceptors (Lipinski definition) is 6. The molecule has 0 heterocycles. The van der Waals surface area contributed by atoms with E-state index in [0.29, 0.717) is 19.3 Å². The van der Waals surface area contributed by atoms with Crippen molar-refractivity contribution in [3.63, 3.8) is 0 Å². The lowest BCUT2D eigenvalue weighted by molar-refractivity contribution is -0.167. The van der Waals surface area contributed by atoms with E-state index in [1.165, 1.54) is 122 Å². The molecule has 0 aromatic heterocycles. The van der Waals surface area contributed by atoms with Crippen LogP contribution in [0.15, 0.2) is 36.5 Å². The van der Waals surface area contributed by atoms with E-state index in [2.05, 4.69) is 57.2 Å². The van der Waals surface area contributed by atoms with Gasteiger partial charge in [-0.15, -0.1) is 0 Å². The van der Waals surface area contributed by atoms with Crippen LogP contribution in [-0.4, -0.2) is 37.2 Å². The Morgan fingerprint density at radius 3 is 1.05 bits per heavy atom. The van der Waals surface area contributed by atoms with E-state index in [4.69, 9.17) is 14.2 Å². The van der Waals surface area contributed by atoms with Crippen LogP contribution >= 0.6 is 0 Å². The normalized spacial score (nSPS) is 12.3. The standard InChI is InChI=1S/C49H88O6/c1-4-7-10-13-16-19-22-24-25-26-28-30-33-36-39-42-48(51)54-45-46(44-53-47(50)41-38-35-32-29-21-18-15-12-9-6-3)55-49(52)43-40-37-34-31-27-23-20-17-14-11-8-5-2/h16-17,19-20,22,24,46H,4-15,18,21,23,25-45H2,1-3H3/b19-16-,20-17-,24-22-. The molecule has 0 saturated carbocycles. The molecule has 1 unspecified atom stereocenters. The molecule has 0 saturated heterocycles. The zero-order valence-corrected chi connectivity index (χ0v) is 36.4. The zero-order valence-electron chi connectivity index (χ0n) is 36.4. The molecule has 320 valence electrons. The summed E-state index contributed by atoms with van der Waals surface area (Å²) in [4.78, 5) is 37.7. The van der Waals surface area contributed by atoms with Gasteiger partial charge in [-0.3, -0.25) is 14.4 Å². The number of carbonyl (C=O) groups is 3. The van der Waals surface area contributed by atoms with Crippen LogP contribution in [0.4, 0.5) is 0 Å². The predicted octanol–water partition coefficient (Wildman–Crippen LogP) is 15.0. The van der Waals surface area contributed by atoms with Gasteiger partial charge in [0.1, 0.15) is 13.2 Å². The Morgan fingerprint density at radius 2 is 0.655 bits per heavy atom. The molecular weight excluding hydrogens is 685 g/mol. The summed E-state index contributed by atoms with van der Waals surface area (Å²) in [6.07, 6.45) is 49.8. The van der Waals surface area contributed by atoms with Crippen molar-refractivity contribution in [2.24, 2.45) is 0 Å². The Morgan fingerprint density at radius 1 is 0.364 bits per heavy atom. The summed E-state index contributed by atoms with van der Waals surface area (Å²) >= 11 is 0. The van der Waals surface area contributed by atoms with Crippen molar-refractivity contribution in [1.82, 2.24) is 0 Å². The number of rotatable bonds is 42. The van der Waals surface area contributed by atoms with Crippen molar-refractivity contribution < 1.29 is 28.6 Å². The lowest BCUT2D eigenvalue weighted by Gasteiger charge is -2.18. The minimum atomic E-state index is -0.775. The van der Waals surface area contributed by atoms with Crippen LogP contribution in [0, 0.1) is 0 Å². The number of ether oxygens (including phenoxy) is 3. The number of unbranched alkanes of at least 4 members (excludes halogenated alkanes) is 26. The van der Waals surface area contributed by atoms with Crippen LogP contribution in [0.3, 0.4) is 0 Å². The first-order chi connectivity index (χ1) is 27.0. The second kappa shape index (κ2) is 44.3. The van der Waals surface area contributed by atoms with Crippen LogP contribution in [0.5, 0.6) is 0 Å². The lowest BCUT2D eigenvalue weighted by atomic mass is 10.1. The average molecular weight is 773 g/mol. The quantitative estimate of drug-likeness (QED) is 0.0202. The molecule has 0 aromatic rings. The minimum Gasteiger partial charge on any atom is -0.462 e. The van der Waals surface area contributed by atoms with Crippen molar-refractivity contribution in [3.8, 4) is 0 Å². The van der Waals surface area contributed by atoms with Gasteiger partial charge in [-0.25, -0.2) is 0 Å². The highest BCUT2D eigenvalue weighted by atomic mass is 16.6. The maximum absolute atomic E-state index is 12.7. The van der Waals surface area contributed by atoms with E-state index in [0.717, 1.165) is 77.0 Å². The highest BCUT2D eigenvalue weighted by Crippen LogP contribution is 2.14. The molecule has 55 heavy (non-hydrogen) atoms. The molecule has 0 bridgehead atoms. The Balaban J connectivity index is 4.38. The van der Waals surface area contributed by atoms with E-state index in [1.54, 1.807) is 0 Å². The molecule has 6 heteroatoms. The second-order valence-electron chi connectivity index (χ2n) is 15.7. The fourth-order valence-electron chi connectivity index (χ4n) is 6.54. The summed E-state index contributed by atoms with van der Waals surface area (Å²) in [6, 6.07) is 0. The number of allylic oxidation sites excluding steroid dienone is 6. The van der Waals surface area contributed by atoms with Gasteiger partial charge in [-0.05, 0) is 70.6 Å². The first-order valence-corrected chi connectivity index (χ1v) is 23.5. The number of esters is 3. The lowest BCUT2D eigenvalue weighted by Crippen LogP contribution is -2.30. The average Bonchev–Trinajstić information content (AvgIpc) is 3.18. The van der Waals surface area contributed by atoms with Crippen molar-refractivity contribution in [3.05, 3.63) is 36.5 Å². The van der Waals surface area contributed by atoms with Crippen LogP contribution in [-0.2, 0) is 28.6 Å². The summed E-state index contributed by atoms with van der Waals surface area (Å²) in [5, 5.41) is 0. The Labute approximate surface area is 340 Å². The van der Waals surface area contributed by atoms with Gasteiger partial charge in [0, 0.05) is 19.3 Å². The van der Waals surface area contributed by atoms with E-state index in [-0.39, 0.29) is 31.1 Å². The third-order valence-corrected chi connectivity index (χ3v) is 10.1. The molecule has 0 aliphatic rings. The maximum atomic E-state index is 12.7. The molecule has 6 nitrogen and oxygen atoms in total. The summed E-state index contributed by atoms with van der Waals surface area (Å²) in [5.41, 5.74) is 0. The van der Waals surface area contributed by atoms with Gasteiger partial charge in [0.25, 0.3) is 0 Å². The van der Waals surface area contributed by atoms with Crippen molar-refractivity contribution in [1.29, 1.82) is 0 Å². The molecule has 0 N–H and O–H groups in total. The van der Waals surface area contributed by atoms with Gasteiger partial charge in [-0.1, -0.05) is 186 Å². The van der Waals surface area contributed by atoms with Gasteiger partial charge in [0.15, 0.2) is 6.10 Å². The molecule has 0 spiro atoms. The van der Waals surface area contributed by atoms with Crippen LogP contribution in [0.1, 0.15) is 239 Å². The van der Waals surface area contributed by atoms with Crippen molar-refractivity contribution in [2.75, 3.05) is 13.2 Å². The van der Waals surface area contributed by atoms with Crippen LogP contribution in [0.2, 0.25) is 0 Å². The highest BCUT2D eigenvalue weighted by Gasteiger charge is 2.19. The van der Waals surface area contributed by atoms with Gasteiger partial charge in [0.05, 0.1) is 0 Å². The number of hydrogen-bond donors (Lipinski definition) is 0. The van der Waals surface area contributed by atoms with E-state index >= 15 is 0 Å². The third kappa shape index (κ3) is 42.6.